The summed E-state index contributed by atoms with van der Waals surface area (Å²) in [5.41, 5.74) is 0.670. The fourth-order valence-corrected chi connectivity index (χ4v) is 4.05. The molecule has 0 saturated carbocycles. The highest BCUT2D eigenvalue weighted by Gasteiger charge is 2.34. The van der Waals surface area contributed by atoms with E-state index in [4.69, 9.17) is 9.47 Å². The van der Waals surface area contributed by atoms with Crippen molar-refractivity contribution < 1.29 is 32.2 Å². The van der Waals surface area contributed by atoms with Gasteiger partial charge < -0.3 is 20.1 Å². The molecule has 12 heteroatoms. The van der Waals surface area contributed by atoms with Crippen molar-refractivity contribution >= 4 is 23.6 Å². The van der Waals surface area contributed by atoms with Gasteiger partial charge in [-0.15, -0.1) is 0 Å². The van der Waals surface area contributed by atoms with Gasteiger partial charge in [-0.3, -0.25) is 10.1 Å². The summed E-state index contributed by atoms with van der Waals surface area (Å²) in [4.78, 5) is 32.0. The van der Waals surface area contributed by atoms with Gasteiger partial charge in [0.05, 0.1) is 5.56 Å². The highest BCUT2D eigenvalue weighted by atomic mass is 19.4. The number of aromatic nitrogens is 2. The maximum absolute atomic E-state index is 12.9. The number of carbonyl (C=O) groups is 2. The summed E-state index contributed by atoms with van der Waals surface area (Å²) < 4.78 is 50.6. The molecule has 0 saturated heterocycles. The molecule has 3 amide bonds. The van der Waals surface area contributed by atoms with Crippen LogP contribution in [0.15, 0.2) is 48.8 Å². The van der Waals surface area contributed by atoms with Gasteiger partial charge in [-0.1, -0.05) is 6.92 Å². The molecule has 0 bridgehead atoms. The number of nitrogens with zero attached hydrogens (tertiary/aromatic N) is 2. The van der Waals surface area contributed by atoms with E-state index in [1.54, 1.807) is 30.5 Å². The zero-order valence-electron chi connectivity index (χ0n) is 18.8. The monoisotopic (exact) mass is 499 g/mol. The van der Waals surface area contributed by atoms with Crippen molar-refractivity contribution in [2.45, 2.75) is 38.1 Å². The Morgan fingerprint density at radius 3 is 2.75 bits per heavy atom. The van der Waals surface area contributed by atoms with E-state index in [9.17, 15) is 22.8 Å². The van der Waals surface area contributed by atoms with E-state index >= 15 is 0 Å². The number of pyridine rings is 2. The smallest absolute Gasteiger partial charge is 0.416 e. The Balaban J connectivity index is 1.26. The van der Waals surface area contributed by atoms with Crippen LogP contribution in [0.2, 0.25) is 0 Å². The van der Waals surface area contributed by atoms with Crippen molar-refractivity contribution in [1.82, 2.24) is 15.3 Å². The second kappa shape index (κ2) is 9.02. The van der Waals surface area contributed by atoms with E-state index in [0.717, 1.165) is 29.5 Å². The quantitative estimate of drug-likeness (QED) is 0.475. The average molecular weight is 499 g/mol. The van der Waals surface area contributed by atoms with Crippen LogP contribution in [0.1, 0.15) is 36.0 Å². The van der Waals surface area contributed by atoms with Crippen LogP contribution in [0.5, 0.6) is 17.2 Å². The van der Waals surface area contributed by atoms with E-state index < -0.39 is 24.0 Å². The van der Waals surface area contributed by atoms with Crippen LogP contribution in [-0.4, -0.2) is 28.1 Å². The van der Waals surface area contributed by atoms with Gasteiger partial charge in [0.15, 0.2) is 6.23 Å². The second-order valence-corrected chi connectivity index (χ2v) is 8.34. The van der Waals surface area contributed by atoms with Crippen LogP contribution in [0.4, 0.5) is 29.6 Å². The minimum Gasteiger partial charge on any atom is -0.470 e. The highest BCUT2D eigenvalue weighted by molar-refractivity contribution is 5.93. The Morgan fingerprint density at radius 1 is 1.14 bits per heavy atom. The number of anilines is 2. The third-order valence-electron chi connectivity index (χ3n) is 5.88. The molecule has 0 aliphatic carbocycles. The molecule has 2 aliphatic rings. The maximum Gasteiger partial charge on any atom is 0.416 e. The summed E-state index contributed by atoms with van der Waals surface area (Å²) in [5, 5.41) is 7.65. The van der Waals surface area contributed by atoms with Gasteiger partial charge >= 0.3 is 12.2 Å². The number of carbonyl (C=O) groups excluding carboxylic acids is 2. The fourth-order valence-electron chi connectivity index (χ4n) is 4.05. The highest BCUT2D eigenvalue weighted by Crippen LogP contribution is 2.41. The zero-order chi connectivity index (χ0) is 25.4. The number of halogens is 3. The third-order valence-corrected chi connectivity index (χ3v) is 5.88. The number of amides is 3. The van der Waals surface area contributed by atoms with Crippen LogP contribution < -0.4 is 25.4 Å². The Kier molecular flexibility index (Phi) is 5.86. The maximum atomic E-state index is 12.9. The Morgan fingerprint density at radius 2 is 1.94 bits per heavy atom. The van der Waals surface area contributed by atoms with Gasteiger partial charge in [-0.2, -0.15) is 13.2 Å². The first-order valence-corrected chi connectivity index (χ1v) is 11.0. The van der Waals surface area contributed by atoms with Crippen molar-refractivity contribution in [3.8, 4) is 17.2 Å². The molecule has 0 radical (unpaired) electrons. The minimum atomic E-state index is -4.55. The Labute approximate surface area is 203 Å². The summed E-state index contributed by atoms with van der Waals surface area (Å²) in [7, 11) is 0. The molecule has 2 atom stereocenters. The SMILES string of the molecule is CC1c2cc(Oc3ccnc4c3CCC(=O)N4)ccc2O[C@H]1NC(=O)Nc1cc(C(F)(F)F)ccn1. The van der Waals surface area contributed by atoms with Crippen molar-refractivity contribution in [2.24, 2.45) is 0 Å². The van der Waals surface area contributed by atoms with Gasteiger partial charge in [0, 0.05) is 35.9 Å². The number of alkyl halides is 3. The molecule has 5 rings (SSSR count). The molecule has 36 heavy (non-hydrogen) atoms. The van der Waals surface area contributed by atoms with E-state index in [2.05, 4.69) is 25.9 Å². The van der Waals surface area contributed by atoms with Crippen molar-refractivity contribution in [3.63, 3.8) is 0 Å². The first-order chi connectivity index (χ1) is 17.2. The number of rotatable bonds is 4. The molecule has 1 unspecified atom stereocenters. The van der Waals surface area contributed by atoms with E-state index in [-0.39, 0.29) is 17.6 Å². The molecule has 1 aromatic carbocycles. The number of fused-ring (bicyclic) bond motifs is 2. The van der Waals surface area contributed by atoms with Gasteiger partial charge in [-0.05, 0) is 42.8 Å². The van der Waals surface area contributed by atoms with Gasteiger partial charge in [0.25, 0.3) is 0 Å². The van der Waals surface area contributed by atoms with Crippen LogP contribution in [-0.2, 0) is 17.4 Å². The predicted molar refractivity (Wildman–Crippen MR) is 122 cm³/mol. The van der Waals surface area contributed by atoms with Crippen LogP contribution in [0.3, 0.4) is 0 Å². The second-order valence-electron chi connectivity index (χ2n) is 8.34. The topological polar surface area (TPSA) is 114 Å². The number of urea groups is 1. The standard InChI is InChI=1S/C24H20F3N5O4/c1-12-16-11-14(35-18-7-9-29-21-15(18)3-5-20(33)31-21)2-4-17(16)36-22(12)32-23(34)30-19-10-13(6-8-28-19)24(25,26)27/h2,4,6-12,22H,3,5H2,1H3,(H,29,31,33)(H2,28,30,32,34)/t12?,22-/m1/s1. The Bertz CT molecular complexity index is 1350. The van der Waals surface area contributed by atoms with E-state index in [1.165, 1.54) is 0 Å². The van der Waals surface area contributed by atoms with Gasteiger partial charge in [0.1, 0.15) is 28.9 Å². The third kappa shape index (κ3) is 4.74. The van der Waals surface area contributed by atoms with Crippen molar-refractivity contribution in [2.75, 3.05) is 10.6 Å². The summed E-state index contributed by atoms with van der Waals surface area (Å²) in [6, 6.07) is 7.76. The van der Waals surface area contributed by atoms with Gasteiger partial charge in [-0.25, -0.2) is 14.8 Å². The molecule has 0 spiro atoms. The van der Waals surface area contributed by atoms with Crippen molar-refractivity contribution in [3.05, 3.63) is 65.5 Å². The molecule has 4 heterocycles. The van der Waals surface area contributed by atoms with E-state index in [1.807, 2.05) is 6.92 Å². The molecule has 9 nitrogen and oxygen atoms in total. The number of hydrogen-bond acceptors (Lipinski definition) is 6. The van der Waals surface area contributed by atoms with E-state index in [0.29, 0.717) is 35.9 Å². The summed E-state index contributed by atoms with van der Waals surface area (Å²) >= 11 is 0. The number of hydrogen-bond donors (Lipinski definition) is 3. The molecule has 186 valence electrons. The van der Waals surface area contributed by atoms with Crippen molar-refractivity contribution in [1.29, 1.82) is 0 Å². The fraction of sp³-hybridized carbons (Fsp3) is 0.250. The first-order valence-electron chi connectivity index (χ1n) is 11.0. The zero-order valence-corrected chi connectivity index (χ0v) is 18.8. The molecule has 3 aromatic rings. The molecular formula is C24H20F3N5O4. The molecule has 3 N–H and O–H groups in total. The average Bonchev–Trinajstić information content (AvgIpc) is 3.13. The number of ether oxygens (including phenoxy) is 2. The molecule has 2 aromatic heterocycles. The lowest BCUT2D eigenvalue weighted by atomic mass is 10.0. The predicted octanol–water partition coefficient (Wildman–Crippen LogP) is 4.82. The molecule has 2 aliphatic heterocycles. The summed E-state index contributed by atoms with van der Waals surface area (Å²) in [6.45, 7) is 1.84. The largest absolute Gasteiger partial charge is 0.470 e. The van der Waals surface area contributed by atoms with Gasteiger partial charge in [0.2, 0.25) is 5.91 Å². The normalized spacial score (nSPS) is 18.4. The number of benzene rings is 1. The minimum absolute atomic E-state index is 0.0953. The Hall–Kier alpha value is -4.35. The van der Waals surface area contributed by atoms with Crippen LogP contribution >= 0.6 is 0 Å². The molecular weight excluding hydrogens is 479 g/mol. The number of nitrogens with one attached hydrogen (secondary N) is 3. The lowest BCUT2D eigenvalue weighted by Gasteiger charge is -2.19. The van der Waals surface area contributed by atoms with Crippen LogP contribution in [0, 0.1) is 0 Å². The molecule has 0 fully saturated rings. The van der Waals surface area contributed by atoms with Crippen LogP contribution in [0.25, 0.3) is 0 Å². The lowest BCUT2D eigenvalue weighted by Crippen LogP contribution is -2.42. The first kappa shape index (κ1) is 23.4. The summed E-state index contributed by atoms with van der Waals surface area (Å²) in [6.07, 6.45) is -1.93. The lowest BCUT2D eigenvalue weighted by molar-refractivity contribution is -0.137. The summed E-state index contributed by atoms with van der Waals surface area (Å²) in [5.74, 6) is 1.52.